The number of ketones is 1. The number of halogens is 2. The average molecular weight is 296 g/mol. The van der Waals surface area contributed by atoms with Crippen LogP contribution in [-0.4, -0.2) is 12.9 Å². The summed E-state index contributed by atoms with van der Waals surface area (Å²) in [6, 6.07) is 9.75. The summed E-state index contributed by atoms with van der Waals surface area (Å²) >= 11 is 11.9. The van der Waals surface area contributed by atoms with Crippen LogP contribution in [0.5, 0.6) is 5.75 Å². The molecule has 0 atom stereocenters. The number of carbonyl (C=O) groups is 1. The Labute approximate surface area is 120 Å². The number of hydrogen-bond acceptors (Lipinski definition) is 3. The zero-order valence-electron chi connectivity index (χ0n) is 10.1. The van der Waals surface area contributed by atoms with E-state index in [-0.39, 0.29) is 21.4 Å². The molecular weight excluding hydrogens is 285 g/mol. The molecule has 5 heteroatoms. The quantitative estimate of drug-likeness (QED) is 0.692. The van der Waals surface area contributed by atoms with Gasteiger partial charge in [-0.3, -0.25) is 4.79 Å². The first-order chi connectivity index (χ1) is 9.02. The van der Waals surface area contributed by atoms with E-state index >= 15 is 0 Å². The molecule has 2 N–H and O–H groups in total. The summed E-state index contributed by atoms with van der Waals surface area (Å²) in [6.07, 6.45) is 0. The Morgan fingerprint density at radius 3 is 2.37 bits per heavy atom. The van der Waals surface area contributed by atoms with E-state index in [0.29, 0.717) is 17.0 Å². The van der Waals surface area contributed by atoms with Crippen molar-refractivity contribution in [2.75, 3.05) is 12.8 Å². The molecule has 0 saturated carbocycles. The Kier molecular flexibility index (Phi) is 3.98. The van der Waals surface area contributed by atoms with Crippen molar-refractivity contribution in [1.82, 2.24) is 0 Å². The molecule has 0 spiro atoms. The Hall–Kier alpha value is -1.71. The van der Waals surface area contributed by atoms with Gasteiger partial charge in [0.15, 0.2) is 5.78 Å². The van der Waals surface area contributed by atoms with Crippen LogP contribution in [-0.2, 0) is 0 Å². The first-order valence-corrected chi connectivity index (χ1v) is 6.22. The lowest BCUT2D eigenvalue weighted by atomic mass is 10.0. The van der Waals surface area contributed by atoms with Crippen LogP contribution >= 0.6 is 23.2 Å². The predicted octanol–water partition coefficient (Wildman–Crippen LogP) is 3.82. The second kappa shape index (κ2) is 5.51. The summed E-state index contributed by atoms with van der Waals surface area (Å²) in [7, 11) is 1.56. The third kappa shape index (κ3) is 2.83. The van der Waals surface area contributed by atoms with Crippen LogP contribution < -0.4 is 10.5 Å². The molecule has 2 aromatic rings. The fourth-order valence-electron chi connectivity index (χ4n) is 1.67. The number of methoxy groups -OCH3 is 1. The first kappa shape index (κ1) is 13.7. The van der Waals surface area contributed by atoms with Gasteiger partial charge in [-0.1, -0.05) is 23.2 Å². The highest BCUT2D eigenvalue weighted by Crippen LogP contribution is 2.30. The summed E-state index contributed by atoms with van der Waals surface area (Å²) in [4.78, 5) is 12.3. The van der Waals surface area contributed by atoms with Gasteiger partial charge < -0.3 is 10.5 Å². The molecule has 0 unspecified atom stereocenters. The Balaban J connectivity index is 2.43. The maximum absolute atomic E-state index is 12.3. The number of benzene rings is 2. The fourth-order valence-corrected chi connectivity index (χ4v) is 2.10. The molecule has 19 heavy (non-hydrogen) atoms. The number of ether oxygens (including phenoxy) is 1. The van der Waals surface area contributed by atoms with Crippen LogP contribution in [0.4, 0.5) is 5.69 Å². The van der Waals surface area contributed by atoms with Gasteiger partial charge in [-0.2, -0.15) is 0 Å². The van der Waals surface area contributed by atoms with Crippen molar-refractivity contribution in [2.24, 2.45) is 0 Å². The van der Waals surface area contributed by atoms with Crippen LogP contribution in [0.25, 0.3) is 0 Å². The van der Waals surface area contributed by atoms with E-state index in [1.54, 1.807) is 31.4 Å². The van der Waals surface area contributed by atoms with E-state index in [1.165, 1.54) is 12.1 Å². The molecule has 98 valence electrons. The third-order valence-electron chi connectivity index (χ3n) is 2.65. The Bertz CT molecular complexity index is 624. The van der Waals surface area contributed by atoms with Crippen LogP contribution in [0, 0.1) is 0 Å². The largest absolute Gasteiger partial charge is 0.497 e. The third-order valence-corrected chi connectivity index (χ3v) is 3.45. The fraction of sp³-hybridized carbons (Fsp3) is 0.0714. The van der Waals surface area contributed by atoms with Crippen molar-refractivity contribution in [3.63, 3.8) is 0 Å². The van der Waals surface area contributed by atoms with Gasteiger partial charge in [0, 0.05) is 16.8 Å². The molecule has 0 aliphatic carbocycles. The van der Waals surface area contributed by atoms with Crippen molar-refractivity contribution < 1.29 is 9.53 Å². The zero-order valence-corrected chi connectivity index (χ0v) is 11.6. The maximum atomic E-state index is 12.3. The molecule has 0 heterocycles. The lowest BCUT2D eigenvalue weighted by Crippen LogP contribution is -2.03. The molecule has 2 aromatic carbocycles. The second-order valence-corrected chi connectivity index (χ2v) is 4.71. The van der Waals surface area contributed by atoms with Crippen LogP contribution in [0.3, 0.4) is 0 Å². The molecule has 0 aliphatic rings. The molecular formula is C14H11Cl2NO2. The number of hydrogen-bond donors (Lipinski definition) is 1. The van der Waals surface area contributed by atoms with Gasteiger partial charge in [0.25, 0.3) is 0 Å². The number of nitrogens with two attached hydrogens (primary N) is 1. The topological polar surface area (TPSA) is 52.3 Å². The SMILES string of the molecule is COc1ccc(C(=O)c2cc(N)cc(Cl)c2Cl)cc1. The number of carbonyl (C=O) groups excluding carboxylic acids is 1. The molecule has 0 aromatic heterocycles. The highest BCUT2D eigenvalue weighted by atomic mass is 35.5. The number of rotatable bonds is 3. The minimum absolute atomic E-state index is 0.205. The van der Waals surface area contributed by atoms with Gasteiger partial charge in [-0.05, 0) is 36.4 Å². The van der Waals surface area contributed by atoms with Gasteiger partial charge in [0.1, 0.15) is 5.75 Å². The molecule has 3 nitrogen and oxygen atoms in total. The summed E-state index contributed by atoms with van der Waals surface area (Å²) in [6.45, 7) is 0. The van der Waals surface area contributed by atoms with Crippen LogP contribution in [0.15, 0.2) is 36.4 Å². The standard InChI is InChI=1S/C14H11Cl2NO2/c1-19-10-4-2-8(3-5-10)14(18)11-6-9(17)7-12(15)13(11)16/h2-7H,17H2,1H3. The monoisotopic (exact) mass is 295 g/mol. The lowest BCUT2D eigenvalue weighted by molar-refractivity contribution is 0.103. The molecule has 0 radical (unpaired) electrons. The van der Waals surface area contributed by atoms with Crippen molar-refractivity contribution in [3.05, 3.63) is 57.6 Å². The molecule has 0 saturated heterocycles. The predicted molar refractivity (Wildman–Crippen MR) is 77.3 cm³/mol. The Morgan fingerprint density at radius 1 is 1.16 bits per heavy atom. The van der Waals surface area contributed by atoms with Crippen LogP contribution in [0.2, 0.25) is 10.0 Å². The molecule has 0 fully saturated rings. The number of anilines is 1. The number of nitrogen functional groups attached to an aromatic ring is 1. The van der Waals surface area contributed by atoms with Gasteiger partial charge in [0.2, 0.25) is 0 Å². The second-order valence-electron chi connectivity index (χ2n) is 3.92. The summed E-state index contributed by atoms with van der Waals surface area (Å²) in [5.74, 6) is 0.440. The van der Waals surface area contributed by atoms with E-state index in [4.69, 9.17) is 33.7 Å². The van der Waals surface area contributed by atoms with Gasteiger partial charge in [-0.25, -0.2) is 0 Å². The maximum Gasteiger partial charge on any atom is 0.194 e. The van der Waals surface area contributed by atoms with Gasteiger partial charge in [0.05, 0.1) is 17.2 Å². The molecule has 0 amide bonds. The Morgan fingerprint density at radius 2 is 1.79 bits per heavy atom. The normalized spacial score (nSPS) is 10.3. The first-order valence-electron chi connectivity index (χ1n) is 5.46. The van der Waals surface area contributed by atoms with E-state index in [1.807, 2.05) is 0 Å². The molecule has 2 rings (SSSR count). The van der Waals surface area contributed by atoms with Crippen molar-refractivity contribution in [2.45, 2.75) is 0 Å². The van der Waals surface area contributed by atoms with E-state index in [2.05, 4.69) is 0 Å². The molecule has 0 bridgehead atoms. The summed E-state index contributed by atoms with van der Waals surface area (Å²) in [5, 5.41) is 0.468. The summed E-state index contributed by atoms with van der Waals surface area (Å²) in [5.41, 5.74) is 6.85. The minimum atomic E-state index is -0.234. The zero-order chi connectivity index (χ0) is 14.0. The van der Waals surface area contributed by atoms with E-state index in [9.17, 15) is 4.79 Å². The highest BCUT2D eigenvalue weighted by Gasteiger charge is 2.16. The van der Waals surface area contributed by atoms with Crippen molar-refractivity contribution in [3.8, 4) is 5.75 Å². The summed E-state index contributed by atoms with van der Waals surface area (Å²) < 4.78 is 5.04. The van der Waals surface area contributed by atoms with Gasteiger partial charge >= 0.3 is 0 Å². The molecule has 0 aliphatic heterocycles. The van der Waals surface area contributed by atoms with Crippen molar-refractivity contribution >= 4 is 34.7 Å². The van der Waals surface area contributed by atoms with Gasteiger partial charge in [-0.15, -0.1) is 0 Å². The van der Waals surface area contributed by atoms with E-state index < -0.39 is 0 Å². The highest BCUT2D eigenvalue weighted by molar-refractivity contribution is 6.44. The van der Waals surface area contributed by atoms with Crippen LogP contribution in [0.1, 0.15) is 15.9 Å². The van der Waals surface area contributed by atoms with Crippen molar-refractivity contribution in [1.29, 1.82) is 0 Å². The minimum Gasteiger partial charge on any atom is -0.497 e. The van der Waals surface area contributed by atoms with E-state index in [0.717, 1.165) is 0 Å². The smallest absolute Gasteiger partial charge is 0.194 e. The average Bonchev–Trinajstić information content (AvgIpc) is 2.42. The lowest BCUT2D eigenvalue weighted by Gasteiger charge is -2.07.